The summed E-state index contributed by atoms with van der Waals surface area (Å²) < 4.78 is 0. The third-order valence-corrected chi connectivity index (χ3v) is 3.66. The van der Waals surface area contributed by atoms with E-state index < -0.39 is 6.10 Å². The molecule has 4 nitrogen and oxygen atoms in total. The van der Waals surface area contributed by atoms with E-state index in [2.05, 4.69) is 10.5 Å². The Kier molecular flexibility index (Phi) is 6.28. The van der Waals surface area contributed by atoms with Crippen molar-refractivity contribution in [3.05, 3.63) is 63.1 Å². The lowest BCUT2D eigenvalue weighted by Gasteiger charge is -2.11. The van der Waals surface area contributed by atoms with Crippen LogP contribution in [0.25, 0.3) is 0 Å². The van der Waals surface area contributed by atoms with E-state index in [9.17, 15) is 4.79 Å². The van der Waals surface area contributed by atoms with Crippen molar-refractivity contribution < 1.29 is 9.63 Å². The SMILES string of the molecule is C[C@H](O/N=C\c1ccc(Cl)cc1)C(=O)Nc1cc(Cl)ccc1Cl. The van der Waals surface area contributed by atoms with Gasteiger partial charge in [-0.25, -0.2) is 0 Å². The Morgan fingerprint density at radius 3 is 2.48 bits per heavy atom. The summed E-state index contributed by atoms with van der Waals surface area (Å²) in [5, 5.41) is 7.91. The fourth-order valence-corrected chi connectivity index (χ4v) is 2.07. The topological polar surface area (TPSA) is 50.7 Å². The van der Waals surface area contributed by atoms with Gasteiger partial charge in [0, 0.05) is 10.0 Å². The number of oxime groups is 1. The highest BCUT2D eigenvalue weighted by molar-refractivity contribution is 6.35. The quantitative estimate of drug-likeness (QED) is 0.592. The standard InChI is InChI=1S/C16H13Cl3N2O2/c1-10(23-20-9-11-2-4-12(17)5-3-11)16(22)21-15-8-13(18)6-7-14(15)19/h2-10H,1H3,(H,21,22)/b20-9-/t10-/m0/s1. The summed E-state index contributed by atoms with van der Waals surface area (Å²) in [4.78, 5) is 17.2. The second kappa shape index (κ2) is 8.20. The molecule has 2 aromatic carbocycles. The molecule has 0 saturated carbocycles. The molecule has 0 saturated heterocycles. The molecule has 0 aromatic heterocycles. The van der Waals surface area contributed by atoms with Crippen molar-refractivity contribution in [2.75, 3.05) is 5.32 Å². The number of anilines is 1. The molecule has 1 amide bonds. The molecular formula is C16H13Cl3N2O2. The minimum Gasteiger partial charge on any atom is -0.383 e. The molecular weight excluding hydrogens is 359 g/mol. The minimum atomic E-state index is -0.798. The van der Waals surface area contributed by atoms with Crippen molar-refractivity contribution in [2.45, 2.75) is 13.0 Å². The van der Waals surface area contributed by atoms with Crippen LogP contribution >= 0.6 is 34.8 Å². The molecule has 1 atom stereocenters. The van der Waals surface area contributed by atoms with E-state index in [4.69, 9.17) is 39.6 Å². The lowest BCUT2D eigenvalue weighted by Crippen LogP contribution is -2.26. The predicted molar refractivity (Wildman–Crippen MR) is 94.7 cm³/mol. The summed E-state index contributed by atoms with van der Waals surface area (Å²) in [6.45, 7) is 1.58. The molecule has 120 valence electrons. The van der Waals surface area contributed by atoms with Gasteiger partial charge in [0.2, 0.25) is 6.10 Å². The van der Waals surface area contributed by atoms with Crippen molar-refractivity contribution in [3.63, 3.8) is 0 Å². The number of carbonyl (C=O) groups excluding carboxylic acids is 1. The van der Waals surface area contributed by atoms with Crippen LogP contribution in [0.3, 0.4) is 0 Å². The van der Waals surface area contributed by atoms with E-state index in [1.165, 1.54) is 6.21 Å². The first-order valence-corrected chi connectivity index (χ1v) is 7.80. The lowest BCUT2D eigenvalue weighted by molar-refractivity contribution is -0.126. The van der Waals surface area contributed by atoms with Crippen LogP contribution < -0.4 is 5.32 Å². The van der Waals surface area contributed by atoms with Crippen LogP contribution in [-0.2, 0) is 9.63 Å². The third kappa shape index (κ3) is 5.43. The van der Waals surface area contributed by atoms with Crippen LogP contribution in [0.15, 0.2) is 47.6 Å². The molecule has 23 heavy (non-hydrogen) atoms. The molecule has 0 aliphatic carbocycles. The number of nitrogens with zero attached hydrogens (tertiary/aromatic N) is 1. The minimum absolute atomic E-state index is 0.387. The van der Waals surface area contributed by atoms with E-state index in [1.54, 1.807) is 49.4 Å². The number of benzene rings is 2. The molecule has 0 aliphatic heterocycles. The predicted octanol–water partition coefficient (Wildman–Crippen LogP) is 5.02. The summed E-state index contributed by atoms with van der Waals surface area (Å²) in [6.07, 6.45) is 0.695. The third-order valence-electron chi connectivity index (χ3n) is 2.85. The normalized spacial score (nSPS) is 12.2. The van der Waals surface area contributed by atoms with Crippen molar-refractivity contribution in [3.8, 4) is 0 Å². The summed E-state index contributed by atoms with van der Waals surface area (Å²) in [7, 11) is 0. The van der Waals surface area contributed by atoms with Gasteiger partial charge in [-0.05, 0) is 42.8 Å². The second-order valence-electron chi connectivity index (χ2n) is 4.65. The molecule has 0 bridgehead atoms. The van der Waals surface area contributed by atoms with Crippen LogP contribution in [0.4, 0.5) is 5.69 Å². The molecule has 7 heteroatoms. The summed E-state index contributed by atoms with van der Waals surface area (Å²) in [5.74, 6) is -0.387. The maximum absolute atomic E-state index is 12.0. The van der Waals surface area contributed by atoms with E-state index in [-0.39, 0.29) is 5.91 Å². The Bertz CT molecular complexity index is 718. The van der Waals surface area contributed by atoms with Gasteiger partial charge in [0.15, 0.2) is 0 Å². The molecule has 0 aliphatic rings. The molecule has 2 rings (SSSR count). The molecule has 0 unspecified atom stereocenters. The van der Waals surface area contributed by atoms with Crippen LogP contribution in [-0.4, -0.2) is 18.2 Å². The number of hydrogen-bond donors (Lipinski definition) is 1. The smallest absolute Gasteiger partial charge is 0.268 e. The first-order valence-electron chi connectivity index (χ1n) is 6.66. The Hall–Kier alpha value is -1.75. The first-order chi connectivity index (χ1) is 11.0. The van der Waals surface area contributed by atoms with Gasteiger partial charge in [0.25, 0.3) is 5.91 Å². The van der Waals surface area contributed by atoms with Gasteiger partial charge in [-0.1, -0.05) is 52.1 Å². The number of nitrogens with one attached hydrogen (secondary N) is 1. The van der Waals surface area contributed by atoms with Crippen LogP contribution in [0, 0.1) is 0 Å². The lowest BCUT2D eigenvalue weighted by atomic mass is 10.2. The Labute approximate surface area is 149 Å². The highest BCUT2D eigenvalue weighted by atomic mass is 35.5. The maximum Gasteiger partial charge on any atom is 0.268 e. The van der Waals surface area contributed by atoms with Crippen LogP contribution in [0.2, 0.25) is 15.1 Å². The summed E-state index contributed by atoms with van der Waals surface area (Å²) in [6, 6.07) is 11.8. The second-order valence-corrected chi connectivity index (χ2v) is 5.93. The fraction of sp³-hybridized carbons (Fsp3) is 0.125. The highest BCUT2D eigenvalue weighted by Gasteiger charge is 2.15. The highest BCUT2D eigenvalue weighted by Crippen LogP contribution is 2.25. The van der Waals surface area contributed by atoms with Gasteiger partial charge < -0.3 is 10.2 Å². The zero-order valence-corrected chi connectivity index (χ0v) is 14.4. The van der Waals surface area contributed by atoms with Crippen LogP contribution in [0.5, 0.6) is 0 Å². The molecule has 0 heterocycles. The number of hydrogen-bond acceptors (Lipinski definition) is 3. The van der Waals surface area contributed by atoms with Gasteiger partial charge in [-0.15, -0.1) is 0 Å². The van der Waals surface area contributed by atoms with Crippen LogP contribution in [0.1, 0.15) is 12.5 Å². The largest absolute Gasteiger partial charge is 0.383 e. The van der Waals surface area contributed by atoms with Gasteiger partial charge in [0.1, 0.15) is 0 Å². The van der Waals surface area contributed by atoms with E-state index >= 15 is 0 Å². The molecule has 0 radical (unpaired) electrons. The first kappa shape index (κ1) is 17.6. The van der Waals surface area contributed by atoms with Crippen molar-refractivity contribution in [1.82, 2.24) is 0 Å². The van der Waals surface area contributed by atoms with Gasteiger partial charge in [0.05, 0.1) is 16.9 Å². The van der Waals surface area contributed by atoms with Crippen molar-refractivity contribution >= 4 is 52.6 Å². The summed E-state index contributed by atoms with van der Waals surface area (Å²) >= 11 is 17.6. The van der Waals surface area contributed by atoms with Gasteiger partial charge in [-0.2, -0.15) is 0 Å². The number of amides is 1. The summed E-state index contributed by atoms with van der Waals surface area (Å²) in [5.41, 5.74) is 1.22. The Balaban J connectivity index is 1.92. The van der Waals surface area contributed by atoms with E-state index in [0.717, 1.165) is 5.56 Å². The molecule has 0 spiro atoms. The average molecular weight is 372 g/mol. The van der Waals surface area contributed by atoms with E-state index in [0.29, 0.717) is 20.8 Å². The van der Waals surface area contributed by atoms with Gasteiger partial charge >= 0.3 is 0 Å². The molecule has 0 fully saturated rings. The van der Waals surface area contributed by atoms with E-state index in [1.807, 2.05) is 0 Å². The Morgan fingerprint density at radius 2 is 1.78 bits per heavy atom. The zero-order chi connectivity index (χ0) is 16.8. The number of rotatable bonds is 5. The zero-order valence-electron chi connectivity index (χ0n) is 12.1. The number of halogens is 3. The maximum atomic E-state index is 12.0. The Morgan fingerprint density at radius 1 is 1.13 bits per heavy atom. The van der Waals surface area contributed by atoms with Crippen molar-refractivity contribution in [1.29, 1.82) is 0 Å². The molecule has 2 aromatic rings. The van der Waals surface area contributed by atoms with Gasteiger partial charge in [-0.3, -0.25) is 4.79 Å². The number of carbonyl (C=O) groups is 1. The van der Waals surface area contributed by atoms with Crippen molar-refractivity contribution in [2.24, 2.45) is 5.16 Å². The monoisotopic (exact) mass is 370 g/mol. The fourth-order valence-electron chi connectivity index (χ4n) is 1.61. The average Bonchev–Trinajstić information content (AvgIpc) is 2.52. The molecule has 1 N–H and O–H groups in total.